The molecule has 4 nitrogen and oxygen atoms in total. The molecule has 4 heteroatoms. The summed E-state index contributed by atoms with van der Waals surface area (Å²) in [7, 11) is 1.77. The van der Waals surface area contributed by atoms with E-state index in [9.17, 15) is 9.59 Å². The minimum atomic E-state index is -0.116. The Kier molecular flexibility index (Phi) is 6.58. The predicted molar refractivity (Wildman–Crippen MR) is 133 cm³/mol. The third-order valence-electron chi connectivity index (χ3n) is 12.1. The summed E-state index contributed by atoms with van der Waals surface area (Å²) in [6.07, 6.45) is 10.1. The minimum Gasteiger partial charge on any atom is -0.356 e. The SMILES string of the molecule is COC1C[C@@H](C(C)C)C[C@@H]([C@@H](C)[C@H]2CC(=O)[C@H]3[C@@H]4CC[C@H]5CC(=O)CC[C@]5(C)[C@H]4CC[C@]23C)O1. The van der Waals surface area contributed by atoms with Gasteiger partial charge in [0.2, 0.25) is 0 Å². The zero-order valence-electron chi connectivity index (χ0n) is 22.5. The fourth-order valence-electron chi connectivity index (χ4n) is 9.91. The van der Waals surface area contributed by atoms with Crippen molar-refractivity contribution in [3.05, 3.63) is 0 Å². The van der Waals surface area contributed by atoms with Crippen molar-refractivity contribution in [1.82, 2.24) is 0 Å². The van der Waals surface area contributed by atoms with Gasteiger partial charge in [0.25, 0.3) is 0 Å². The number of hydrogen-bond acceptors (Lipinski definition) is 4. The Morgan fingerprint density at radius 2 is 1.74 bits per heavy atom. The van der Waals surface area contributed by atoms with Crippen LogP contribution >= 0.6 is 0 Å². The summed E-state index contributed by atoms with van der Waals surface area (Å²) >= 11 is 0. The van der Waals surface area contributed by atoms with Crippen LogP contribution in [0.5, 0.6) is 0 Å². The molecule has 5 aliphatic rings. The first-order valence-corrected chi connectivity index (χ1v) is 14.3. The monoisotopic (exact) mass is 472 g/mol. The number of carbonyl (C=O) groups is 2. The van der Waals surface area contributed by atoms with Crippen LogP contribution in [0.15, 0.2) is 0 Å². The number of methoxy groups -OCH3 is 1. The standard InChI is InChI=1S/C30H48O4/c1-17(2)19-13-26(34-27(14-19)33-6)18(3)24-16-25(32)28-22-8-7-20-15-21(31)9-11-29(20,4)23(22)10-12-30(24,28)5/h17-20,22-24,26-28H,7-16H2,1-6H3/t18-,19-,20-,22+,23-,24+,26-,27?,28+,29-,30+/m0/s1. The van der Waals surface area contributed by atoms with Crippen LogP contribution in [0.3, 0.4) is 0 Å². The first-order chi connectivity index (χ1) is 16.1. The largest absolute Gasteiger partial charge is 0.356 e. The van der Waals surface area contributed by atoms with E-state index in [2.05, 4.69) is 34.6 Å². The molecule has 0 amide bonds. The Morgan fingerprint density at radius 3 is 2.44 bits per heavy atom. The number of carbonyl (C=O) groups excluding carboxylic acids is 2. The molecule has 4 saturated carbocycles. The molecule has 34 heavy (non-hydrogen) atoms. The highest BCUT2D eigenvalue weighted by Crippen LogP contribution is 2.67. The van der Waals surface area contributed by atoms with Gasteiger partial charge >= 0.3 is 0 Å². The zero-order chi connectivity index (χ0) is 24.4. The highest BCUT2D eigenvalue weighted by atomic mass is 16.7. The molecular weight excluding hydrogens is 424 g/mol. The van der Waals surface area contributed by atoms with Gasteiger partial charge in [0.15, 0.2) is 6.29 Å². The molecule has 0 aromatic carbocycles. The fourth-order valence-corrected chi connectivity index (χ4v) is 9.91. The molecule has 1 unspecified atom stereocenters. The van der Waals surface area contributed by atoms with E-state index in [0.717, 1.165) is 57.8 Å². The molecule has 11 atom stereocenters. The zero-order valence-corrected chi connectivity index (χ0v) is 22.5. The maximum absolute atomic E-state index is 13.8. The Bertz CT molecular complexity index is 806. The smallest absolute Gasteiger partial charge is 0.157 e. The first-order valence-electron chi connectivity index (χ1n) is 14.3. The maximum Gasteiger partial charge on any atom is 0.157 e. The molecule has 5 fully saturated rings. The van der Waals surface area contributed by atoms with E-state index in [0.29, 0.717) is 53.0 Å². The van der Waals surface area contributed by atoms with E-state index in [1.54, 1.807) is 7.11 Å². The van der Waals surface area contributed by atoms with Crippen molar-refractivity contribution < 1.29 is 19.1 Å². The Hall–Kier alpha value is -0.740. The third-order valence-corrected chi connectivity index (χ3v) is 12.1. The molecule has 0 aromatic rings. The number of hydrogen-bond donors (Lipinski definition) is 0. The number of ether oxygens (including phenoxy) is 2. The van der Waals surface area contributed by atoms with E-state index in [-0.39, 0.29) is 29.1 Å². The molecular formula is C30H48O4. The Labute approximate surface area is 207 Å². The van der Waals surface area contributed by atoms with Gasteiger partial charge in [-0.15, -0.1) is 0 Å². The van der Waals surface area contributed by atoms with Crippen molar-refractivity contribution in [2.24, 2.45) is 58.2 Å². The number of ketones is 2. The first kappa shape index (κ1) is 24.9. The van der Waals surface area contributed by atoms with E-state index >= 15 is 0 Å². The molecule has 0 radical (unpaired) electrons. The van der Waals surface area contributed by atoms with Gasteiger partial charge in [0.1, 0.15) is 11.6 Å². The fraction of sp³-hybridized carbons (Fsp3) is 0.933. The van der Waals surface area contributed by atoms with Crippen molar-refractivity contribution in [2.45, 2.75) is 111 Å². The summed E-state index contributed by atoms with van der Waals surface area (Å²) < 4.78 is 12.2. The normalized spacial score (nSPS) is 50.0. The third kappa shape index (κ3) is 3.85. The molecule has 0 bridgehead atoms. The van der Waals surface area contributed by atoms with Crippen LogP contribution in [0, 0.1) is 58.2 Å². The van der Waals surface area contributed by atoms with Gasteiger partial charge in [0, 0.05) is 38.7 Å². The molecule has 5 rings (SSSR count). The van der Waals surface area contributed by atoms with Crippen LogP contribution in [-0.4, -0.2) is 31.1 Å². The van der Waals surface area contributed by atoms with Crippen LogP contribution in [0.2, 0.25) is 0 Å². The second-order valence-corrected chi connectivity index (χ2v) is 13.8. The van der Waals surface area contributed by atoms with Crippen molar-refractivity contribution in [3.8, 4) is 0 Å². The topological polar surface area (TPSA) is 52.6 Å². The Morgan fingerprint density at radius 1 is 0.971 bits per heavy atom. The predicted octanol–water partition coefficient (Wildman–Crippen LogP) is 6.45. The van der Waals surface area contributed by atoms with Crippen molar-refractivity contribution >= 4 is 11.6 Å². The van der Waals surface area contributed by atoms with Crippen molar-refractivity contribution in [3.63, 3.8) is 0 Å². The van der Waals surface area contributed by atoms with Gasteiger partial charge in [-0.2, -0.15) is 0 Å². The lowest BCUT2D eigenvalue weighted by Gasteiger charge is -2.60. The minimum absolute atomic E-state index is 0.0854. The van der Waals surface area contributed by atoms with E-state index in [4.69, 9.17) is 9.47 Å². The molecule has 0 N–H and O–H groups in total. The van der Waals surface area contributed by atoms with Crippen LogP contribution in [-0.2, 0) is 19.1 Å². The number of Topliss-reactive ketones (excluding diaryl/α,β-unsaturated/α-hetero) is 2. The van der Waals surface area contributed by atoms with Gasteiger partial charge in [-0.1, -0.05) is 34.6 Å². The summed E-state index contributed by atoms with van der Waals surface area (Å²) in [6, 6.07) is 0. The van der Waals surface area contributed by atoms with Crippen molar-refractivity contribution in [1.29, 1.82) is 0 Å². The average Bonchev–Trinajstić information content (AvgIpc) is 3.09. The summed E-state index contributed by atoms with van der Waals surface area (Å²) in [5, 5.41) is 0. The lowest BCUT2D eigenvalue weighted by atomic mass is 9.44. The van der Waals surface area contributed by atoms with Crippen LogP contribution in [0.25, 0.3) is 0 Å². The van der Waals surface area contributed by atoms with Crippen LogP contribution < -0.4 is 0 Å². The molecule has 4 aliphatic carbocycles. The molecule has 1 aliphatic heterocycles. The van der Waals surface area contributed by atoms with E-state index < -0.39 is 0 Å². The quantitative estimate of drug-likeness (QED) is 0.471. The van der Waals surface area contributed by atoms with Crippen LogP contribution in [0.4, 0.5) is 0 Å². The van der Waals surface area contributed by atoms with E-state index in [1.807, 2.05) is 0 Å². The van der Waals surface area contributed by atoms with Crippen molar-refractivity contribution in [2.75, 3.05) is 7.11 Å². The average molecular weight is 473 g/mol. The summed E-state index contributed by atoms with van der Waals surface area (Å²) in [4.78, 5) is 26.0. The van der Waals surface area contributed by atoms with Gasteiger partial charge in [0.05, 0.1) is 6.10 Å². The molecule has 192 valence electrons. The lowest BCUT2D eigenvalue weighted by molar-refractivity contribution is -0.217. The van der Waals surface area contributed by atoms with Crippen LogP contribution in [0.1, 0.15) is 98.8 Å². The van der Waals surface area contributed by atoms with Gasteiger partial charge in [-0.25, -0.2) is 0 Å². The summed E-state index contributed by atoms with van der Waals surface area (Å²) in [5.74, 6) is 4.88. The van der Waals surface area contributed by atoms with Gasteiger partial charge < -0.3 is 9.47 Å². The Balaban J connectivity index is 1.37. The second-order valence-electron chi connectivity index (χ2n) is 13.8. The molecule has 0 spiro atoms. The van der Waals surface area contributed by atoms with Gasteiger partial charge in [-0.3, -0.25) is 9.59 Å². The highest BCUT2D eigenvalue weighted by Gasteiger charge is 2.64. The van der Waals surface area contributed by atoms with E-state index in [1.165, 1.54) is 6.42 Å². The molecule has 0 aromatic heterocycles. The molecule has 1 heterocycles. The van der Waals surface area contributed by atoms with Gasteiger partial charge in [-0.05, 0) is 90.8 Å². The number of rotatable bonds is 4. The number of fused-ring (bicyclic) bond motifs is 5. The second kappa shape index (κ2) is 8.98. The lowest BCUT2D eigenvalue weighted by Crippen LogP contribution is -2.55. The summed E-state index contributed by atoms with van der Waals surface area (Å²) in [5.41, 5.74) is 0.340. The maximum atomic E-state index is 13.8. The highest BCUT2D eigenvalue weighted by molar-refractivity contribution is 5.85. The molecule has 1 saturated heterocycles. The summed E-state index contributed by atoms with van der Waals surface area (Å²) in [6.45, 7) is 11.9.